The first-order valence-electron chi connectivity index (χ1n) is 8.30. The Morgan fingerprint density at radius 2 is 2.04 bits per heavy atom. The van der Waals surface area contributed by atoms with Crippen LogP contribution in [0, 0.1) is 5.92 Å². The molecule has 0 unspecified atom stereocenters. The van der Waals surface area contributed by atoms with Crippen LogP contribution in [-0.4, -0.2) is 37.5 Å². The molecule has 1 aromatic rings. The fourth-order valence-corrected chi connectivity index (χ4v) is 3.43. The van der Waals surface area contributed by atoms with E-state index in [1.807, 2.05) is 6.07 Å². The molecule has 0 spiro atoms. The van der Waals surface area contributed by atoms with Gasteiger partial charge in [-0.05, 0) is 49.4 Å². The van der Waals surface area contributed by atoms with Gasteiger partial charge in [-0.15, -0.1) is 0 Å². The van der Waals surface area contributed by atoms with Crippen LogP contribution in [0.25, 0.3) is 0 Å². The summed E-state index contributed by atoms with van der Waals surface area (Å²) >= 11 is 0. The van der Waals surface area contributed by atoms with E-state index in [2.05, 4.69) is 22.2 Å². The molecule has 0 aromatic heterocycles. The lowest BCUT2D eigenvalue weighted by Crippen LogP contribution is -2.43. The van der Waals surface area contributed by atoms with Gasteiger partial charge in [-0.25, -0.2) is 4.79 Å². The number of hydrogen-bond acceptors (Lipinski definition) is 4. The van der Waals surface area contributed by atoms with Crippen LogP contribution >= 0.6 is 0 Å². The predicted molar refractivity (Wildman–Crippen MR) is 88.5 cm³/mol. The Labute approximate surface area is 141 Å². The van der Waals surface area contributed by atoms with Gasteiger partial charge in [-0.3, -0.25) is 9.59 Å². The maximum Gasteiger partial charge on any atom is 0.328 e. The summed E-state index contributed by atoms with van der Waals surface area (Å²) in [6.07, 6.45) is 3.46. The summed E-state index contributed by atoms with van der Waals surface area (Å²) in [5.74, 6) is -1.29. The Bertz CT molecular complexity index is 686. The highest BCUT2D eigenvalue weighted by atomic mass is 16.5. The van der Waals surface area contributed by atoms with Crippen LogP contribution in [0.2, 0.25) is 0 Å². The molecule has 0 radical (unpaired) electrons. The monoisotopic (exact) mass is 330 g/mol. The number of ether oxygens (including phenoxy) is 1. The van der Waals surface area contributed by atoms with Crippen molar-refractivity contribution >= 4 is 23.5 Å². The minimum absolute atomic E-state index is 0.0566. The van der Waals surface area contributed by atoms with E-state index in [1.165, 1.54) is 18.2 Å². The van der Waals surface area contributed by atoms with Crippen molar-refractivity contribution < 1.29 is 19.1 Å². The first-order chi connectivity index (χ1) is 11.5. The van der Waals surface area contributed by atoms with E-state index >= 15 is 0 Å². The molecule has 6 nitrogen and oxygen atoms in total. The zero-order valence-electron chi connectivity index (χ0n) is 14.0. The molecule has 2 amide bonds. The van der Waals surface area contributed by atoms with Gasteiger partial charge in [0.15, 0.2) is 0 Å². The molecule has 1 aliphatic carbocycles. The average molecular weight is 330 g/mol. The van der Waals surface area contributed by atoms with Crippen LogP contribution in [0.5, 0.6) is 0 Å². The predicted octanol–water partition coefficient (Wildman–Crippen LogP) is 1.21. The van der Waals surface area contributed by atoms with E-state index in [0.29, 0.717) is 6.54 Å². The molecule has 24 heavy (non-hydrogen) atoms. The molecule has 1 fully saturated rings. The molecule has 0 bridgehead atoms. The fourth-order valence-electron chi connectivity index (χ4n) is 3.43. The molecular formula is C18H22N2O4. The van der Waals surface area contributed by atoms with Gasteiger partial charge in [0.25, 0.3) is 0 Å². The van der Waals surface area contributed by atoms with E-state index in [1.54, 1.807) is 11.8 Å². The molecule has 1 N–H and O–H groups in total. The minimum Gasteiger partial charge on any atom is -0.467 e. The highest BCUT2D eigenvalue weighted by Crippen LogP contribution is 2.30. The van der Waals surface area contributed by atoms with Crippen LogP contribution in [0.4, 0.5) is 5.69 Å². The van der Waals surface area contributed by atoms with Gasteiger partial charge >= 0.3 is 5.97 Å². The van der Waals surface area contributed by atoms with Gasteiger partial charge in [0.2, 0.25) is 11.8 Å². The molecule has 2 aliphatic rings. The van der Waals surface area contributed by atoms with Gasteiger partial charge in [0, 0.05) is 18.7 Å². The maximum absolute atomic E-state index is 12.3. The highest BCUT2D eigenvalue weighted by molar-refractivity contribution is 6.00. The maximum atomic E-state index is 12.3. The summed E-state index contributed by atoms with van der Waals surface area (Å²) in [6.45, 7) is 1.91. The fraction of sp³-hybridized carbons (Fsp3) is 0.500. The SMILES string of the molecule is COC(=O)[C@H](C)NC(=O)[C@H]1CC(=O)N(c2ccc3c(c2)CCC3)C1. The first kappa shape index (κ1) is 16.5. The number of aryl methyl sites for hydroxylation is 2. The average Bonchev–Trinajstić information content (AvgIpc) is 3.19. The number of benzene rings is 1. The molecule has 1 saturated heterocycles. The van der Waals surface area contributed by atoms with Crippen LogP contribution < -0.4 is 10.2 Å². The van der Waals surface area contributed by atoms with E-state index in [0.717, 1.165) is 24.9 Å². The van der Waals surface area contributed by atoms with Crippen LogP contribution in [0.15, 0.2) is 18.2 Å². The summed E-state index contributed by atoms with van der Waals surface area (Å²) < 4.78 is 4.60. The van der Waals surface area contributed by atoms with Crippen molar-refractivity contribution in [2.24, 2.45) is 5.92 Å². The summed E-state index contributed by atoms with van der Waals surface area (Å²) in [5, 5.41) is 2.61. The Morgan fingerprint density at radius 3 is 2.79 bits per heavy atom. The van der Waals surface area contributed by atoms with Crippen molar-refractivity contribution in [3.8, 4) is 0 Å². The molecule has 3 rings (SSSR count). The number of hydrogen-bond donors (Lipinski definition) is 1. The Morgan fingerprint density at radius 1 is 1.29 bits per heavy atom. The lowest BCUT2D eigenvalue weighted by molar-refractivity contribution is -0.144. The molecule has 0 saturated carbocycles. The normalized spacial score (nSPS) is 20.7. The number of nitrogens with one attached hydrogen (secondary N) is 1. The van der Waals surface area contributed by atoms with Crippen LogP contribution in [0.1, 0.15) is 30.9 Å². The van der Waals surface area contributed by atoms with Gasteiger partial charge in [-0.2, -0.15) is 0 Å². The molecular weight excluding hydrogens is 308 g/mol. The number of carbonyl (C=O) groups excluding carboxylic acids is 3. The molecule has 128 valence electrons. The van der Waals surface area contributed by atoms with Gasteiger partial charge in [0.05, 0.1) is 13.0 Å². The van der Waals surface area contributed by atoms with E-state index < -0.39 is 17.9 Å². The van der Waals surface area contributed by atoms with Crippen LogP contribution in [0.3, 0.4) is 0 Å². The summed E-state index contributed by atoms with van der Waals surface area (Å²) in [6, 6.07) is 5.39. The highest BCUT2D eigenvalue weighted by Gasteiger charge is 2.36. The smallest absolute Gasteiger partial charge is 0.328 e. The van der Waals surface area contributed by atoms with Crippen molar-refractivity contribution in [2.45, 2.75) is 38.6 Å². The van der Waals surface area contributed by atoms with Crippen molar-refractivity contribution in [3.63, 3.8) is 0 Å². The molecule has 1 aliphatic heterocycles. The Kier molecular flexibility index (Phi) is 4.55. The number of rotatable bonds is 4. The number of amides is 2. The Hall–Kier alpha value is -2.37. The van der Waals surface area contributed by atoms with Gasteiger partial charge < -0.3 is 15.0 Å². The number of fused-ring (bicyclic) bond motifs is 1. The first-order valence-corrected chi connectivity index (χ1v) is 8.30. The summed E-state index contributed by atoms with van der Waals surface area (Å²) in [4.78, 5) is 37.7. The third-order valence-corrected chi connectivity index (χ3v) is 4.80. The third-order valence-electron chi connectivity index (χ3n) is 4.80. The lowest BCUT2D eigenvalue weighted by Gasteiger charge is -2.18. The molecule has 6 heteroatoms. The number of carbonyl (C=O) groups is 3. The Balaban J connectivity index is 1.67. The van der Waals surface area contributed by atoms with Gasteiger partial charge in [0.1, 0.15) is 6.04 Å². The third kappa shape index (κ3) is 3.13. The van der Waals surface area contributed by atoms with Crippen LogP contribution in [-0.2, 0) is 32.0 Å². The number of anilines is 1. The second-order valence-corrected chi connectivity index (χ2v) is 6.47. The second kappa shape index (κ2) is 6.63. The summed E-state index contributed by atoms with van der Waals surface area (Å²) in [7, 11) is 1.28. The standard InChI is InChI=1S/C18H22N2O4/c1-11(18(23)24-2)19-17(22)14-9-16(21)20(10-14)15-7-6-12-4-3-5-13(12)8-15/h6-8,11,14H,3-5,9-10H2,1-2H3,(H,19,22)/t11-,14-/m0/s1. The lowest BCUT2D eigenvalue weighted by atomic mass is 10.1. The topological polar surface area (TPSA) is 75.7 Å². The summed E-state index contributed by atoms with van der Waals surface area (Å²) in [5.41, 5.74) is 3.51. The molecule has 1 aromatic carbocycles. The molecule has 1 heterocycles. The zero-order valence-corrected chi connectivity index (χ0v) is 14.0. The molecule has 2 atom stereocenters. The van der Waals surface area contributed by atoms with E-state index in [9.17, 15) is 14.4 Å². The number of methoxy groups -OCH3 is 1. The number of esters is 1. The van der Waals surface area contributed by atoms with Crippen molar-refractivity contribution in [1.29, 1.82) is 0 Å². The van der Waals surface area contributed by atoms with Crippen molar-refractivity contribution in [1.82, 2.24) is 5.32 Å². The van der Waals surface area contributed by atoms with Crippen molar-refractivity contribution in [2.75, 3.05) is 18.6 Å². The quantitative estimate of drug-likeness (QED) is 0.842. The largest absolute Gasteiger partial charge is 0.467 e. The number of nitrogens with zero attached hydrogens (tertiary/aromatic N) is 1. The van der Waals surface area contributed by atoms with E-state index in [-0.39, 0.29) is 18.2 Å². The van der Waals surface area contributed by atoms with Gasteiger partial charge in [-0.1, -0.05) is 6.07 Å². The minimum atomic E-state index is -0.716. The van der Waals surface area contributed by atoms with E-state index in [4.69, 9.17) is 0 Å². The van der Waals surface area contributed by atoms with Crippen molar-refractivity contribution in [3.05, 3.63) is 29.3 Å². The second-order valence-electron chi connectivity index (χ2n) is 6.47. The zero-order chi connectivity index (χ0) is 17.3.